The first kappa shape index (κ1) is 15.0. The maximum atomic E-state index is 12.5. The van der Waals surface area contributed by atoms with Crippen molar-refractivity contribution in [3.63, 3.8) is 0 Å². The molecule has 1 amide bonds. The number of hydrogen-bond donors (Lipinski definition) is 1. The molecule has 1 heterocycles. The zero-order chi connectivity index (χ0) is 14.9. The van der Waals surface area contributed by atoms with Crippen molar-refractivity contribution in [3.05, 3.63) is 27.5 Å². The fourth-order valence-electron chi connectivity index (χ4n) is 2.09. The number of hydrogen-bond acceptors (Lipinski definition) is 4. The molecule has 0 unspecified atom stereocenters. The van der Waals surface area contributed by atoms with Crippen LogP contribution in [-0.2, 0) is 0 Å². The van der Waals surface area contributed by atoms with Crippen molar-refractivity contribution in [1.82, 2.24) is 14.9 Å². The van der Waals surface area contributed by atoms with Gasteiger partial charge in [0.15, 0.2) is 0 Å². The van der Waals surface area contributed by atoms with E-state index in [1.54, 1.807) is 11.9 Å². The number of nitrogen functional groups attached to an aromatic ring is 1. The SMILES string of the molecule is CC(C)CN(C)C(=O)c1nc(N)nc2ccc(I)cc12. The lowest BCUT2D eigenvalue weighted by Gasteiger charge is -2.19. The minimum Gasteiger partial charge on any atom is -0.368 e. The molecule has 0 bridgehead atoms. The third-order valence-electron chi connectivity index (χ3n) is 2.86. The topological polar surface area (TPSA) is 72.1 Å². The largest absolute Gasteiger partial charge is 0.368 e. The minimum atomic E-state index is -0.125. The molecule has 2 N–H and O–H groups in total. The molecule has 0 aliphatic carbocycles. The molecule has 6 heteroatoms. The second kappa shape index (κ2) is 5.90. The Morgan fingerprint density at radius 1 is 1.40 bits per heavy atom. The first-order chi connectivity index (χ1) is 9.38. The number of amides is 1. The van der Waals surface area contributed by atoms with E-state index in [0.717, 1.165) is 8.96 Å². The van der Waals surface area contributed by atoms with E-state index >= 15 is 0 Å². The summed E-state index contributed by atoms with van der Waals surface area (Å²) < 4.78 is 1.03. The molecule has 106 valence electrons. The number of nitrogens with two attached hydrogens (primary N) is 1. The second-order valence-electron chi connectivity index (χ2n) is 5.17. The maximum absolute atomic E-state index is 12.5. The highest BCUT2D eigenvalue weighted by molar-refractivity contribution is 14.1. The number of benzene rings is 1. The summed E-state index contributed by atoms with van der Waals surface area (Å²) in [6.45, 7) is 4.81. The van der Waals surface area contributed by atoms with Gasteiger partial charge in [0.25, 0.3) is 5.91 Å². The van der Waals surface area contributed by atoms with Crippen LogP contribution in [0.1, 0.15) is 24.3 Å². The smallest absolute Gasteiger partial charge is 0.273 e. The van der Waals surface area contributed by atoms with E-state index in [1.165, 1.54) is 0 Å². The predicted molar refractivity (Wildman–Crippen MR) is 88.5 cm³/mol. The number of halogens is 1. The van der Waals surface area contributed by atoms with Gasteiger partial charge in [-0.25, -0.2) is 9.97 Å². The van der Waals surface area contributed by atoms with Gasteiger partial charge < -0.3 is 10.6 Å². The molecule has 0 spiro atoms. The van der Waals surface area contributed by atoms with Crippen LogP contribution in [-0.4, -0.2) is 34.4 Å². The number of aromatic nitrogens is 2. The lowest BCUT2D eigenvalue weighted by Crippen LogP contribution is -2.31. The number of fused-ring (bicyclic) bond motifs is 1. The van der Waals surface area contributed by atoms with Crippen molar-refractivity contribution in [2.75, 3.05) is 19.3 Å². The monoisotopic (exact) mass is 384 g/mol. The Hall–Kier alpha value is -1.44. The first-order valence-electron chi connectivity index (χ1n) is 6.36. The Kier molecular flexibility index (Phi) is 4.42. The van der Waals surface area contributed by atoms with Crippen LogP contribution in [0.4, 0.5) is 5.95 Å². The Morgan fingerprint density at radius 3 is 2.75 bits per heavy atom. The zero-order valence-corrected chi connectivity index (χ0v) is 13.9. The average molecular weight is 384 g/mol. The summed E-state index contributed by atoms with van der Waals surface area (Å²) in [6, 6.07) is 5.70. The van der Waals surface area contributed by atoms with Gasteiger partial charge >= 0.3 is 0 Å². The fourth-order valence-corrected chi connectivity index (χ4v) is 2.58. The average Bonchev–Trinajstić information content (AvgIpc) is 2.36. The Morgan fingerprint density at radius 2 is 2.10 bits per heavy atom. The number of carbonyl (C=O) groups is 1. The molecule has 0 aliphatic rings. The summed E-state index contributed by atoms with van der Waals surface area (Å²) in [6.07, 6.45) is 0. The van der Waals surface area contributed by atoms with E-state index in [2.05, 4.69) is 46.4 Å². The number of carbonyl (C=O) groups excluding carboxylic acids is 1. The number of rotatable bonds is 3. The minimum absolute atomic E-state index is 0.125. The summed E-state index contributed by atoms with van der Waals surface area (Å²) in [5.74, 6) is 0.398. The van der Waals surface area contributed by atoms with E-state index in [0.29, 0.717) is 23.7 Å². The molecule has 2 aromatic rings. The number of nitrogens with zero attached hydrogens (tertiary/aromatic N) is 3. The van der Waals surface area contributed by atoms with E-state index in [1.807, 2.05) is 18.2 Å². The van der Waals surface area contributed by atoms with Gasteiger partial charge in [-0.1, -0.05) is 13.8 Å². The molecule has 1 aromatic carbocycles. The quantitative estimate of drug-likeness (QED) is 0.826. The summed E-state index contributed by atoms with van der Waals surface area (Å²) >= 11 is 2.20. The molecular formula is C14H17IN4O. The molecule has 0 saturated heterocycles. The third-order valence-corrected chi connectivity index (χ3v) is 3.53. The summed E-state index contributed by atoms with van der Waals surface area (Å²) in [5, 5.41) is 0.742. The zero-order valence-electron chi connectivity index (χ0n) is 11.7. The molecule has 0 fully saturated rings. The van der Waals surface area contributed by atoms with Gasteiger partial charge in [0.1, 0.15) is 5.69 Å². The highest BCUT2D eigenvalue weighted by Gasteiger charge is 2.19. The normalized spacial score (nSPS) is 11.1. The molecular weight excluding hydrogens is 367 g/mol. The highest BCUT2D eigenvalue weighted by Crippen LogP contribution is 2.21. The third kappa shape index (κ3) is 3.17. The van der Waals surface area contributed by atoms with Crippen molar-refractivity contribution < 1.29 is 4.79 Å². The number of anilines is 1. The van der Waals surface area contributed by atoms with Gasteiger partial charge in [-0.2, -0.15) is 0 Å². The van der Waals surface area contributed by atoms with E-state index in [9.17, 15) is 4.79 Å². The second-order valence-corrected chi connectivity index (χ2v) is 6.42. The van der Waals surface area contributed by atoms with Crippen LogP contribution >= 0.6 is 22.6 Å². The lowest BCUT2D eigenvalue weighted by molar-refractivity contribution is 0.0775. The molecule has 0 radical (unpaired) electrons. The van der Waals surface area contributed by atoms with E-state index in [4.69, 9.17) is 5.73 Å². The molecule has 0 saturated carbocycles. The molecule has 2 rings (SSSR count). The highest BCUT2D eigenvalue weighted by atomic mass is 127. The van der Waals surface area contributed by atoms with Crippen LogP contribution in [0.3, 0.4) is 0 Å². The van der Waals surface area contributed by atoms with Crippen molar-refractivity contribution >= 4 is 45.3 Å². The fraction of sp³-hybridized carbons (Fsp3) is 0.357. The molecule has 1 aromatic heterocycles. The Bertz CT molecular complexity index is 657. The van der Waals surface area contributed by atoms with Crippen LogP contribution in [0.15, 0.2) is 18.2 Å². The first-order valence-corrected chi connectivity index (χ1v) is 7.44. The van der Waals surface area contributed by atoms with Crippen molar-refractivity contribution in [2.45, 2.75) is 13.8 Å². The van der Waals surface area contributed by atoms with Gasteiger partial charge in [-0.15, -0.1) is 0 Å². The molecule has 0 aliphatic heterocycles. The maximum Gasteiger partial charge on any atom is 0.273 e. The molecule has 5 nitrogen and oxygen atoms in total. The van der Waals surface area contributed by atoms with Gasteiger partial charge in [0, 0.05) is 22.5 Å². The van der Waals surface area contributed by atoms with Gasteiger partial charge in [-0.05, 0) is 46.7 Å². The van der Waals surface area contributed by atoms with Crippen molar-refractivity contribution in [1.29, 1.82) is 0 Å². The van der Waals surface area contributed by atoms with Gasteiger partial charge in [0.05, 0.1) is 5.52 Å². The van der Waals surface area contributed by atoms with Crippen LogP contribution < -0.4 is 5.73 Å². The standard InChI is InChI=1S/C14H17IN4O/c1-8(2)7-19(3)13(20)12-10-6-9(15)4-5-11(10)17-14(16)18-12/h4-6,8H,7H2,1-3H3,(H2,16,17,18). The van der Waals surface area contributed by atoms with Crippen LogP contribution in [0.5, 0.6) is 0 Å². The van der Waals surface area contributed by atoms with Gasteiger partial charge in [-0.3, -0.25) is 4.79 Å². The van der Waals surface area contributed by atoms with E-state index in [-0.39, 0.29) is 11.9 Å². The van der Waals surface area contributed by atoms with Crippen molar-refractivity contribution in [3.8, 4) is 0 Å². The predicted octanol–water partition coefficient (Wildman–Crippen LogP) is 2.54. The van der Waals surface area contributed by atoms with Crippen LogP contribution in [0.2, 0.25) is 0 Å². The van der Waals surface area contributed by atoms with Gasteiger partial charge in [0.2, 0.25) is 5.95 Å². The lowest BCUT2D eigenvalue weighted by atomic mass is 10.1. The summed E-state index contributed by atoms with van der Waals surface area (Å²) in [7, 11) is 1.78. The van der Waals surface area contributed by atoms with Crippen LogP contribution in [0, 0.1) is 9.49 Å². The summed E-state index contributed by atoms with van der Waals surface area (Å²) in [5.41, 5.74) is 6.77. The van der Waals surface area contributed by atoms with Crippen LogP contribution in [0.25, 0.3) is 10.9 Å². The summed E-state index contributed by atoms with van der Waals surface area (Å²) in [4.78, 5) is 22.5. The Balaban J connectivity index is 2.52. The molecule has 20 heavy (non-hydrogen) atoms. The Labute approximate surface area is 131 Å². The van der Waals surface area contributed by atoms with Crippen molar-refractivity contribution in [2.24, 2.45) is 5.92 Å². The molecule has 0 atom stereocenters. The van der Waals surface area contributed by atoms with E-state index < -0.39 is 0 Å².